The lowest BCUT2D eigenvalue weighted by Crippen LogP contribution is -2.62. The van der Waals surface area contributed by atoms with Gasteiger partial charge in [-0.2, -0.15) is 11.8 Å². The van der Waals surface area contributed by atoms with Crippen LogP contribution in [-0.2, 0) is 59.2 Å². The summed E-state index contributed by atoms with van der Waals surface area (Å²) in [6.45, 7) is 7.90. The number of carboxylic acid groups (broad SMARTS) is 2. The van der Waals surface area contributed by atoms with Gasteiger partial charge in [0.2, 0.25) is 53.2 Å². The summed E-state index contributed by atoms with van der Waals surface area (Å²) in [6, 6.07) is -6.97. The number of aliphatic carboxylic acids is 2. The molecule has 2 rings (SSSR count). The van der Waals surface area contributed by atoms with Crippen molar-refractivity contribution in [3.63, 3.8) is 0 Å². The Hall–Kier alpha value is -7.27. The lowest BCUT2D eigenvalue weighted by molar-refractivity contribution is -0.146. The van der Waals surface area contributed by atoms with Gasteiger partial charge in [-0.15, -0.1) is 0 Å². The lowest BCUT2D eigenvalue weighted by Gasteiger charge is -2.33. The van der Waals surface area contributed by atoms with Crippen molar-refractivity contribution in [2.75, 3.05) is 25.1 Å². The van der Waals surface area contributed by atoms with Crippen molar-refractivity contribution < 1.29 is 73.2 Å². The van der Waals surface area contributed by atoms with Crippen molar-refractivity contribution in [2.24, 2.45) is 39.8 Å². The topological polar surface area (TPSA) is 473 Å². The molecule has 0 bridgehead atoms. The van der Waals surface area contributed by atoms with Gasteiger partial charge in [-0.1, -0.05) is 52.7 Å². The number of guanidine groups is 1. The van der Waals surface area contributed by atoms with Crippen molar-refractivity contribution in [1.29, 1.82) is 0 Å². The maximum absolute atomic E-state index is 14.6. The molecule has 28 nitrogen and oxygen atoms in total. The highest BCUT2D eigenvalue weighted by Gasteiger charge is 2.42. The summed E-state index contributed by atoms with van der Waals surface area (Å²) in [5.41, 5.74) is 22.8. The third-order valence-corrected chi connectivity index (χ3v) is 14.2. The fraction of sp³-hybridized carbons (Fsp3) is 0.647. The van der Waals surface area contributed by atoms with Crippen LogP contribution in [0.3, 0.4) is 0 Å². The Morgan fingerprint density at radius 1 is 0.675 bits per heavy atom. The van der Waals surface area contributed by atoms with Crippen molar-refractivity contribution in [1.82, 2.24) is 42.1 Å². The van der Waals surface area contributed by atoms with Crippen LogP contribution in [0.25, 0.3) is 0 Å². The van der Waals surface area contributed by atoms with Crippen molar-refractivity contribution in [3.05, 3.63) is 29.8 Å². The van der Waals surface area contributed by atoms with E-state index in [1.165, 1.54) is 40.9 Å². The molecule has 1 aliphatic heterocycles. The molecule has 0 aliphatic carbocycles. The summed E-state index contributed by atoms with van der Waals surface area (Å²) in [6.07, 6.45) is -0.372. The van der Waals surface area contributed by atoms with E-state index in [0.29, 0.717) is 24.2 Å². The summed E-state index contributed by atoms with van der Waals surface area (Å²) in [4.78, 5) is 153. The van der Waals surface area contributed by atoms with Gasteiger partial charge in [-0.3, -0.25) is 52.9 Å². The second-order valence-electron chi connectivity index (χ2n) is 19.9. The molecule has 0 aromatic heterocycles. The smallest absolute Gasteiger partial charge is 0.328 e. The molecule has 0 saturated carbocycles. The third kappa shape index (κ3) is 23.2. The molecule has 1 aromatic rings. The number of likely N-dealkylation sites (tertiary alicyclic amines) is 1. The van der Waals surface area contributed by atoms with E-state index in [4.69, 9.17) is 22.9 Å². The average molecular weight is 1150 g/mol. The number of aromatic hydroxyl groups is 1. The Balaban J connectivity index is 2.48. The van der Waals surface area contributed by atoms with E-state index >= 15 is 0 Å². The molecule has 29 heteroatoms. The van der Waals surface area contributed by atoms with E-state index in [-0.39, 0.29) is 76.2 Å². The van der Waals surface area contributed by atoms with E-state index in [9.17, 15) is 73.2 Å². The molecule has 448 valence electrons. The minimum absolute atomic E-state index is 0.0128. The number of nitrogens with two attached hydrogens (primary N) is 4. The van der Waals surface area contributed by atoms with E-state index in [1.54, 1.807) is 27.7 Å². The minimum Gasteiger partial charge on any atom is -0.508 e. The number of hydrogen-bond donors (Lipinski definition) is 15. The maximum atomic E-state index is 14.6. The zero-order chi connectivity index (χ0) is 60.4. The van der Waals surface area contributed by atoms with Gasteiger partial charge in [0.15, 0.2) is 12.0 Å². The first kappa shape index (κ1) is 68.8. The first-order chi connectivity index (χ1) is 37.6. The van der Waals surface area contributed by atoms with E-state index in [0.717, 1.165) is 6.92 Å². The number of carbonyl (C=O) groups excluding carboxylic acids is 9. The lowest BCUT2D eigenvalue weighted by atomic mass is 9.95. The molecule has 19 N–H and O–H groups in total. The van der Waals surface area contributed by atoms with Gasteiger partial charge in [0, 0.05) is 32.4 Å². The van der Waals surface area contributed by atoms with Gasteiger partial charge in [0.05, 0.1) is 12.1 Å². The molecule has 0 spiro atoms. The molecule has 1 aromatic carbocycles. The van der Waals surface area contributed by atoms with Gasteiger partial charge in [-0.05, 0) is 93.4 Å². The first-order valence-electron chi connectivity index (χ1n) is 26.6. The van der Waals surface area contributed by atoms with Gasteiger partial charge in [0.1, 0.15) is 48.0 Å². The molecule has 9 amide bonds. The van der Waals surface area contributed by atoms with Crippen LogP contribution in [0, 0.1) is 11.8 Å². The number of rotatable bonds is 36. The number of aliphatic imine (C=N–C) groups is 1. The van der Waals surface area contributed by atoms with Crippen LogP contribution in [0.1, 0.15) is 111 Å². The molecule has 1 fully saturated rings. The second-order valence-corrected chi connectivity index (χ2v) is 20.9. The average Bonchev–Trinajstić information content (AvgIpc) is 3.91. The van der Waals surface area contributed by atoms with Crippen LogP contribution >= 0.6 is 11.8 Å². The fourth-order valence-electron chi connectivity index (χ4n) is 8.41. The predicted molar refractivity (Wildman–Crippen MR) is 294 cm³/mol. The molecule has 12 atom stereocenters. The number of nitrogens with one attached hydrogen (secondary N) is 7. The first-order valence-corrected chi connectivity index (χ1v) is 28.0. The number of amides is 9. The predicted octanol–water partition coefficient (Wildman–Crippen LogP) is -2.86. The Morgan fingerprint density at radius 3 is 1.73 bits per heavy atom. The Labute approximate surface area is 469 Å². The monoisotopic (exact) mass is 1150 g/mol. The molecule has 80 heavy (non-hydrogen) atoms. The number of thioether (sulfide) groups is 1. The number of carbonyl (C=O) groups is 11. The number of aliphatic hydroxyl groups is 1. The van der Waals surface area contributed by atoms with Crippen LogP contribution in [-0.4, -0.2) is 182 Å². The Kier molecular flexibility index (Phi) is 29.8. The van der Waals surface area contributed by atoms with Gasteiger partial charge in [0.25, 0.3) is 0 Å². The highest BCUT2D eigenvalue weighted by atomic mass is 32.2. The number of hydrogen-bond acceptors (Lipinski definition) is 16. The number of nitrogens with zero attached hydrogens (tertiary/aromatic N) is 2. The van der Waals surface area contributed by atoms with Gasteiger partial charge < -0.3 is 85.5 Å². The van der Waals surface area contributed by atoms with Gasteiger partial charge >= 0.3 is 11.9 Å². The fourth-order valence-corrected chi connectivity index (χ4v) is 8.90. The number of phenols is 1. The van der Waals surface area contributed by atoms with Crippen LogP contribution in [0.2, 0.25) is 0 Å². The standard InChI is InChI=1S/C51H83N13O15S/c1-7-26(3)39(61-44(72)32(11-9-22-56-51(54)55)58-43(71)33(17-19-37(53)67)57-42(70)31(52)21-24-80-6)48(76)59-34(18-20-38(68)69)45(73)62-40(27(4)8-2)49(77)64-23-10-12-36(64)47(75)60-35(25-29-13-15-30(66)16-14-29)46(74)63-41(28(5)65)50(78)79/h13-16,26-28,31-36,39-41,65-66H,7-12,17-25,52H2,1-6H3,(H2,53,67)(H,57,70)(H,58,71)(H,59,76)(H,60,75)(H,61,72)(H,62,73)(H,63,74)(H,68,69)(H,78,79)(H4,54,55,56)/t26-,27-,28+,31-,32-,33-,34-,35-,36-,39-,40-,41-/m0/s1. The van der Waals surface area contributed by atoms with Crippen LogP contribution in [0.4, 0.5) is 0 Å². The zero-order valence-corrected chi connectivity index (χ0v) is 47.1. The molecule has 1 heterocycles. The van der Waals surface area contributed by atoms with Crippen molar-refractivity contribution >= 4 is 82.8 Å². The van der Waals surface area contributed by atoms with Crippen molar-refractivity contribution in [2.45, 2.75) is 172 Å². The normalized spacial score (nSPS) is 17.1. The number of benzene rings is 1. The summed E-state index contributed by atoms with van der Waals surface area (Å²) in [5.74, 6) is -11.6. The molecule has 0 radical (unpaired) electrons. The number of aliphatic hydroxyl groups excluding tert-OH is 1. The second kappa shape index (κ2) is 34.7. The third-order valence-electron chi connectivity index (χ3n) is 13.6. The minimum atomic E-state index is -1.75. The highest BCUT2D eigenvalue weighted by molar-refractivity contribution is 7.98. The molecule has 0 unspecified atom stereocenters. The quantitative estimate of drug-likeness (QED) is 0.0183. The summed E-state index contributed by atoms with van der Waals surface area (Å²) < 4.78 is 0. The Morgan fingerprint density at radius 2 is 1.19 bits per heavy atom. The number of carboxylic acids is 2. The summed E-state index contributed by atoms with van der Waals surface area (Å²) in [7, 11) is 0. The van der Waals surface area contributed by atoms with E-state index in [2.05, 4.69) is 42.2 Å². The van der Waals surface area contributed by atoms with E-state index < -0.39 is 150 Å². The maximum Gasteiger partial charge on any atom is 0.328 e. The largest absolute Gasteiger partial charge is 0.508 e. The molecule has 1 aliphatic rings. The number of phenolic OH excluding ortho intramolecular Hbond substituents is 1. The zero-order valence-electron chi connectivity index (χ0n) is 46.2. The number of primary amides is 1. The molecular formula is C51H83N13O15S. The molecular weight excluding hydrogens is 1070 g/mol. The SMILES string of the molecule is CC[C@H](C)[C@H](NC(=O)[C@H](CCCN=C(N)N)NC(=O)[C@H](CCC(N)=O)NC(=O)[C@@H](N)CCSC)C(=O)N[C@@H](CCC(=O)O)C(=O)N[C@H](C(=O)N1CCC[C@H]1C(=O)N[C@@H](Cc1ccc(O)cc1)C(=O)N[C@H](C(=O)O)[C@@H](C)O)[C@@H](C)CC. The van der Waals surface area contributed by atoms with Crippen molar-refractivity contribution in [3.8, 4) is 5.75 Å². The van der Waals surface area contributed by atoms with E-state index in [1.807, 2.05) is 6.26 Å². The summed E-state index contributed by atoms with van der Waals surface area (Å²) >= 11 is 1.45. The van der Waals surface area contributed by atoms with Crippen LogP contribution in [0.15, 0.2) is 29.3 Å². The summed E-state index contributed by atoms with van der Waals surface area (Å²) in [5, 5.41) is 57.0. The van der Waals surface area contributed by atoms with Gasteiger partial charge in [-0.25, -0.2) is 4.79 Å². The highest BCUT2D eigenvalue weighted by Crippen LogP contribution is 2.23. The van der Waals surface area contributed by atoms with Crippen LogP contribution in [0.5, 0.6) is 5.75 Å². The Bertz CT molecular complexity index is 2320. The molecule has 1 saturated heterocycles. The van der Waals surface area contributed by atoms with Crippen LogP contribution < -0.4 is 60.2 Å².